The van der Waals surface area contributed by atoms with Crippen LogP contribution in [0.3, 0.4) is 0 Å². The number of amides is 2. The van der Waals surface area contributed by atoms with Gasteiger partial charge in [-0.2, -0.15) is 0 Å². The van der Waals surface area contributed by atoms with E-state index in [1.807, 2.05) is 11.4 Å². The summed E-state index contributed by atoms with van der Waals surface area (Å²) in [5.41, 5.74) is 0. The fourth-order valence-corrected chi connectivity index (χ4v) is 2.20. The van der Waals surface area contributed by atoms with Crippen LogP contribution in [0.5, 0.6) is 0 Å². The van der Waals surface area contributed by atoms with Crippen molar-refractivity contribution < 1.29 is 9.59 Å². The molecule has 15 heavy (non-hydrogen) atoms. The van der Waals surface area contributed by atoms with Gasteiger partial charge in [-0.25, -0.2) is 4.79 Å². The molecule has 1 fully saturated rings. The Kier molecular flexibility index (Phi) is 2.73. The average molecular weight is 224 g/mol. The third-order valence-corrected chi connectivity index (χ3v) is 3.34. The molecule has 1 aliphatic heterocycles. The van der Waals surface area contributed by atoms with Crippen LogP contribution in [0.4, 0.5) is 4.79 Å². The number of Topliss-reactive ketones (excluding diaryl/α,β-unsaturated/α-hetero) is 1. The Balaban J connectivity index is 1.98. The van der Waals surface area contributed by atoms with Gasteiger partial charge in [-0.05, 0) is 11.4 Å². The Labute approximate surface area is 92.1 Å². The second-order valence-electron chi connectivity index (χ2n) is 3.53. The maximum absolute atomic E-state index is 11.7. The lowest BCUT2D eigenvalue weighted by atomic mass is 10.3. The fourth-order valence-electron chi connectivity index (χ4n) is 1.54. The SMILES string of the molecule is CN1CCN(CC(=O)c2cccs2)C1=O. The van der Waals surface area contributed by atoms with Crippen molar-refractivity contribution in [3.05, 3.63) is 22.4 Å². The lowest BCUT2D eigenvalue weighted by molar-refractivity contribution is 0.0956. The van der Waals surface area contributed by atoms with E-state index in [1.165, 1.54) is 11.3 Å². The molecule has 1 aromatic heterocycles. The molecule has 0 aromatic carbocycles. The summed E-state index contributed by atoms with van der Waals surface area (Å²) < 4.78 is 0. The van der Waals surface area contributed by atoms with E-state index in [-0.39, 0.29) is 18.4 Å². The van der Waals surface area contributed by atoms with Crippen LogP contribution in [0.1, 0.15) is 9.67 Å². The molecule has 2 amide bonds. The first kappa shape index (κ1) is 10.2. The van der Waals surface area contributed by atoms with Crippen molar-refractivity contribution in [2.75, 3.05) is 26.7 Å². The van der Waals surface area contributed by atoms with Gasteiger partial charge < -0.3 is 9.80 Å². The van der Waals surface area contributed by atoms with Gasteiger partial charge in [0.25, 0.3) is 0 Å². The highest BCUT2D eigenvalue weighted by Crippen LogP contribution is 2.12. The van der Waals surface area contributed by atoms with Crippen LogP contribution in [0.15, 0.2) is 17.5 Å². The molecule has 4 nitrogen and oxygen atoms in total. The van der Waals surface area contributed by atoms with Crippen LogP contribution >= 0.6 is 11.3 Å². The van der Waals surface area contributed by atoms with Gasteiger partial charge in [0.1, 0.15) is 0 Å². The molecule has 0 aliphatic carbocycles. The minimum Gasteiger partial charge on any atom is -0.326 e. The number of carbonyl (C=O) groups excluding carboxylic acids is 2. The van der Waals surface area contributed by atoms with E-state index in [0.717, 1.165) is 4.88 Å². The first-order chi connectivity index (χ1) is 7.18. The zero-order chi connectivity index (χ0) is 10.8. The number of hydrogen-bond donors (Lipinski definition) is 0. The van der Waals surface area contributed by atoms with Gasteiger partial charge in [-0.1, -0.05) is 6.07 Å². The van der Waals surface area contributed by atoms with Crippen LogP contribution in [0.25, 0.3) is 0 Å². The van der Waals surface area contributed by atoms with Gasteiger partial charge in [0, 0.05) is 20.1 Å². The van der Waals surface area contributed by atoms with Gasteiger partial charge in [-0.15, -0.1) is 11.3 Å². The predicted octanol–water partition coefficient (Wildman–Crippen LogP) is 1.30. The van der Waals surface area contributed by atoms with Crippen molar-refractivity contribution >= 4 is 23.2 Å². The number of carbonyl (C=O) groups is 2. The van der Waals surface area contributed by atoms with Gasteiger partial charge in [-0.3, -0.25) is 4.79 Å². The van der Waals surface area contributed by atoms with E-state index in [0.29, 0.717) is 13.1 Å². The van der Waals surface area contributed by atoms with Crippen LogP contribution in [-0.4, -0.2) is 48.3 Å². The van der Waals surface area contributed by atoms with Crippen molar-refractivity contribution in [3.8, 4) is 0 Å². The average Bonchev–Trinajstić information content (AvgIpc) is 2.83. The largest absolute Gasteiger partial charge is 0.326 e. The normalized spacial score (nSPS) is 16.2. The van der Waals surface area contributed by atoms with Gasteiger partial charge in [0.15, 0.2) is 5.78 Å². The summed E-state index contributed by atoms with van der Waals surface area (Å²) in [5, 5.41) is 1.87. The highest BCUT2D eigenvalue weighted by Gasteiger charge is 2.27. The van der Waals surface area contributed by atoms with Gasteiger partial charge in [0.2, 0.25) is 0 Å². The van der Waals surface area contributed by atoms with Crippen molar-refractivity contribution in [2.45, 2.75) is 0 Å². The van der Waals surface area contributed by atoms with Gasteiger partial charge >= 0.3 is 6.03 Å². The topological polar surface area (TPSA) is 40.6 Å². The van der Waals surface area contributed by atoms with Crippen LogP contribution in [-0.2, 0) is 0 Å². The lowest BCUT2D eigenvalue weighted by Crippen LogP contribution is -2.33. The molecule has 5 heteroatoms. The molecule has 1 aliphatic rings. The molecule has 0 saturated carbocycles. The summed E-state index contributed by atoms with van der Waals surface area (Å²) in [6.45, 7) is 1.55. The molecule has 1 aromatic rings. The van der Waals surface area contributed by atoms with E-state index in [2.05, 4.69) is 0 Å². The maximum Gasteiger partial charge on any atom is 0.320 e. The van der Waals surface area contributed by atoms with E-state index in [9.17, 15) is 9.59 Å². The first-order valence-corrected chi connectivity index (χ1v) is 5.63. The van der Waals surface area contributed by atoms with Crippen molar-refractivity contribution in [1.29, 1.82) is 0 Å². The second kappa shape index (κ2) is 4.02. The summed E-state index contributed by atoms with van der Waals surface area (Å²) in [5.74, 6) is 0.0219. The summed E-state index contributed by atoms with van der Waals surface area (Å²) >= 11 is 1.42. The summed E-state index contributed by atoms with van der Waals surface area (Å²) in [7, 11) is 1.75. The third kappa shape index (κ3) is 2.02. The number of thiophene rings is 1. The zero-order valence-corrected chi connectivity index (χ0v) is 9.29. The molecule has 80 valence electrons. The summed E-state index contributed by atoms with van der Waals surface area (Å²) in [6, 6.07) is 3.58. The van der Waals surface area contributed by atoms with Crippen LogP contribution in [0, 0.1) is 0 Å². The Hall–Kier alpha value is -1.36. The monoisotopic (exact) mass is 224 g/mol. The Morgan fingerprint density at radius 2 is 2.33 bits per heavy atom. The quantitative estimate of drug-likeness (QED) is 0.726. The van der Waals surface area contributed by atoms with E-state index < -0.39 is 0 Å². The van der Waals surface area contributed by atoms with Crippen LogP contribution in [0.2, 0.25) is 0 Å². The molecule has 0 N–H and O–H groups in total. The maximum atomic E-state index is 11.7. The predicted molar refractivity (Wildman–Crippen MR) is 58.2 cm³/mol. The highest BCUT2D eigenvalue weighted by molar-refractivity contribution is 7.12. The summed E-state index contributed by atoms with van der Waals surface area (Å²) in [4.78, 5) is 27.2. The zero-order valence-electron chi connectivity index (χ0n) is 8.47. The molecule has 0 spiro atoms. The molecule has 2 heterocycles. The molecule has 0 atom stereocenters. The van der Waals surface area contributed by atoms with Crippen molar-refractivity contribution in [2.24, 2.45) is 0 Å². The standard InChI is InChI=1S/C10H12N2O2S/c1-11-4-5-12(10(11)14)7-8(13)9-3-2-6-15-9/h2-3,6H,4-5,7H2,1H3. The van der Waals surface area contributed by atoms with Crippen LogP contribution < -0.4 is 0 Å². The number of nitrogens with zero attached hydrogens (tertiary/aromatic N) is 2. The molecule has 2 rings (SSSR count). The van der Waals surface area contributed by atoms with Crippen molar-refractivity contribution in [3.63, 3.8) is 0 Å². The summed E-state index contributed by atoms with van der Waals surface area (Å²) in [6.07, 6.45) is 0. The number of rotatable bonds is 3. The minimum absolute atomic E-state index is 0.0219. The first-order valence-electron chi connectivity index (χ1n) is 4.75. The third-order valence-electron chi connectivity index (χ3n) is 2.43. The minimum atomic E-state index is -0.0556. The van der Waals surface area contributed by atoms with E-state index >= 15 is 0 Å². The lowest BCUT2D eigenvalue weighted by Gasteiger charge is -2.14. The highest BCUT2D eigenvalue weighted by atomic mass is 32.1. The molecular formula is C10H12N2O2S. The second-order valence-corrected chi connectivity index (χ2v) is 4.47. The van der Waals surface area contributed by atoms with E-state index in [4.69, 9.17) is 0 Å². The Morgan fingerprint density at radius 3 is 2.87 bits per heavy atom. The molecular weight excluding hydrogens is 212 g/mol. The fraction of sp³-hybridized carbons (Fsp3) is 0.400. The van der Waals surface area contributed by atoms with Gasteiger partial charge in [0.05, 0.1) is 11.4 Å². The molecule has 0 radical (unpaired) electrons. The number of urea groups is 1. The van der Waals surface area contributed by atoms with Crippen molar-refractivity contribution in [1.82, 2.24) is 9.80 Å². The van der Waals surface area contributed by atoms with E-state index in [1.54, 1.807) is 22.9 Å². The molecule has 0 bridgehead atoms. The molecule has 1 saturated heterocycles. The Bertz CT molecular complexity index is 375. The number of likely N-dealkylation sites (N-methyl/N-ethyl adjacent to an activating group) is 1. The Morgan fingerprint density at radius 1 is 1.53 bits per heavy atom. The number of ketones is 1. The number of hydrogen-bond acceptors (Lipinski definition) is 3. The smallest absolute Gasteiger partial charge is 0.320 e. The molecule has 0 unspecified atom stereocenters.